The number of aliphatic hydroxyl groups is 1. The number of alkyl halides is 1. The summed E-state index contributed by atoms with van der Waals surface area (Å²) in [6.45, 7) is 12.6. The van der Waals surface area contributed by atoms with Gasteiger partial charge < -0.3 is 24.4 Å². The molecule has 1 spiro atoms. The van der Waals surface area contributed by atoms with Gasteiger partial charge in [-0.2, -0.15) is 0 Å². The minimum Gasteiger partial charge on any atom is -0.465 e. The van der Waals surface area contributed by atoms with Crippen LogP contribution < -0.4 is 4.90 Å². The van der Waals surface area contributed by atoms with Crippen molar-refractivity contribution in [2.45, 2.75) is 81.4 Å². The van der Waals surface area contributed by atoms with Gasteiger partial charge in [-0.05, 0) is 57.1 Å². The molecule has 1 aromatic carbocycles. The van der Waals surface area contributed by atoms with Crippen molar-refractivity contribution in [3.63, 3.8) is 0 Å². The van der Waals surface area contributed by atoms with Crippen LogP contribution in [-0.2, 0) is 23.9 Å². The fourth-order valence-electron chi connectivity index (χ4n) is 6.96. The molecular formula is C32H43BrN2O6. The Kier molecular flexibility index (Phi) is 10.5. The summed E-state index contributed by atoms with van der Waals surface area (Å²) in [6, 6.07) is 5.01. The Hall–Kier alpha value is -2.49. The van der Waals surface area contributed by atoms with E-state index in [1.165, 1.54) is 0 Å². The Labute approximate surface area is 251 Å². The second-order valence-electron chi connectivity index (χ2n) is 11.4. The number of para-hydroxylation sites is 1. The molecule has 9 heteroatoms. The summed E-state index contributed by atoms with van der Waals surface area (Å²) in [5.41, 5.74) is 1.56. The van der Waals surface area contributed by atoms with Crippen LogP contribution in [0.5, 0.6) is 0 Å². The van der Waals surface area contributed by atoms with Gasteiger partial charge >= 0.3 is 5.97 Å². The van der Waals surface area contributed by atoms with E-state index in [1.54, 1.807) is 22.0 Å². The molecule has 3 aliphatic heterocycles. The Balaban J connectivity index is 1.72. The van der Waals surface area contributed by atoms with Crippen LogP contribution in [0.3, 0.4) is 0 Å². The number of fused-ring (bicyclic) bond motifs is 1. The zero-order chi connectivity index (χ0) is 29.7. The third-order valence-corrected chi connectivity index (χ3v) is 9.53. The predicted molar refractivity (Wildman–Crippen MR) is 162 cm³/mol. The Morgan fingerprint density at radius 2 is 1.88 bits per heavy atom. The Morgan fingerprint density at radius 3 is 2.54 bits per heavy atom. The molecule has 3 saturated heterocycles. The number of carbonyl (C=O) groups excluding carboxylic acids is 3. The normalized spacial score (nSPS) is 28.0. The molecule has 8 nitrogen and oxygen atoms in total. The van der Waals surface area contributed by atoms with Crippen molar-refractivity contribution < 1.29 is 29.0 Å². The average molecular weight is 632 g/mol. The zero-order valence-electron chi connectivity index (χ0n) is 24.2. The standard InChI is InChI=1S/C32H43BrN2O6/c1-5-7-12-19-40-31(39)24-25-29(37)35(17-10-8-9-11-18-36)28(32(25)20-23(33)27(24)41-32)30(38)34(16-6-2)26-21(3)14-13-15-22(26)4/h5-6,13-15,23-25,27-28,36H,1-2,7-12,16-20H2,3-4H3/t23?,24-,25-,27-,28?,32?/m0/s1. The highest BCUT2D eigenvalue weighted by molar-refractivity contribution is 9.09. The van der Waals surface area contributed by atoms with Gasteiger partial charge in [-0.15, -0.1) is 13.2 Å². The fourth-order valence-corrected chi connectivity index (χ4v) is 7.91. The molecular weight excluding hydrogens is 588 g/mol. The number of hydrogen-bond acceptors (Lipinski definition) is 6. The van der Waals surface area contributed by atoms with E-state index >= 15 is 0 Å². The molecule has 2 bridgehead atoms. The van der Waals surface area contributed by atoms with Crippen LogP contribution in [0.4, 0.5) is 5.69 Å². The molecule has 3 fully saturated rings. The van der Waals surface area contributed by atoms with Gasteiger partial charge in [-0.3, -0.25) is 14.4 Å². The monoisotopic (exact) mass is 630 g/mol. The molecule has 41 heavy (non-hydrogen) atoms. The van der Waals surface area contributed by atoms with Crippen molar-refractivity contribution in [3.8, 4) is 0 Å². The molecule has 0 aromatic heterocycles. The number of aryl methyl sites for hydroxylation is 2. The molecule has 224 valence electrons. The molecule has 0 saturated carbocycles. The third kappa shape index (κ3) is 5.90. The smallest absolute Gasteiger partial charge is 0.312 e. The highest BCUT2D eigenvalue weighted by Gasteiger charge is 2.77. The number of nitrogens with zero attached hydrogens (tertiary/aromatic N) is 2. The zero-order valence-corrected chi connectivity index (χ0v) is 25.8. The van der Waals surface area contributed by atoms with Crippen LogP contribution >= 0.6 is 15.9 Å². The summed E-state index contributed by atoms with van der Waals surface area (Å²) >= 11 is 3.72. The van der Waals surface area contributed by atoms with Crippen LogP contribution in [0.2, 0.25) is 0 Å². The number of amides is 2. The number of aliphatic hydroxyl groups excluding tert-OH is 1. The number of benzene rings is 1. The minimum absolute atomic E-state index is 0.125. The van der Waals surface area contributed by atoms with Crippen LogP contribution in [-0.4, -0.2) is 76.7 Å². The highest BCUT2D eigenvalue weighted by Crippen LogP contribution is 2.60. The Morgan fingerprint density at radius 1 is 1.17 bits per heavy atom. The second kappa shape index (κ2) is 13.7. The molecule has 0 aliphatic carbocycles. The van der Waals surface area contributed by atoms with Crippen molar-refractivity contribution in [2.75, 3.05) is 31.2 Å². The first-order chi connectivity index (χ1) is 19.7. The average Bonchev–Trinajstić information content (AvgIpc) is 3.53. The van der Waals surface area contributed by atoms with Gasteiger partial charge in [0.2, 0.25) is 5.91 Å². The maximum atomic E-state index is 14.7. The number of esters is 1. The predicted octanol–water partition coefficient (Wildman–Crippen LogP) is 4.63. The molecule has 1 N–H and O–H groups in total. The summed E-state index contributed by atoms with van der Waals surface area (Å²) in [5.74, 6) is -2.47. The van der Waals surface area contributed by atoms with E-state index in [0.717, 1.165) is 36.1 Å². The summed E-state index contributed by atoms with van der Waals surface area (Å²) in [7, 11) is 0. The van der Waals surface area contributed by atoms with Crippen molar-refractivity contribution in [1.82, 2.24) is 4.90 Å². The van der Waals surface area contributed by atoms with E-state index in [-0.39, 0.29) is 36.4 Å². The van der Waals surface area contributed by atoms with Gasteiger partial charge in [0.1, 0.15) is 11.6 Å². The fraction of sp³-hybridized carbons (Fsp3) is 0.594. The first kappa shape index (κ1) is 31.4. The van der Waals surface area contributed by atoms with Crippen LogP contribution in [0.15, 0.2) is 43.5 Å². The van der Waals surface area contributed by atoms with Gasteiger partial charge in [0.15, 0.2) is 0 Å². The molecule has 3 heterocycles. The van der Waals surface area contributed by atoms with E-state index in [1.807, 2.05) is 32.0 Å². The maximum absolute atomic E-state index is 14.7. The molecule has 1 aromatic rings. The van der Waals surface area contributed by atoms with Gasteiger partial charge in [-0.25, -0.2) is 0 Å². The highest BCUT2D eigenvalue weighted by atomic mass is 79.9. The number of likely N-dealkylation sites (tertiary alicyclic amines) is 1. The summed E-state index contributed by atoms with van der Waals surface area (Å²) in [6.07, 6.45) is 7.77. The van der Waals surface area contributed by atoms with Crippen LogP contribution in [0.1, 0.15) is 56.1 Å². The minimum atomic E-state index is -1.14. The summed E-state index contributed by atoms with van der Waals surface area (Å²) in [4.78, 5) is 45.6. The molecule has 2 amide bonds. The van der Waals surface area contributed by atoms with E-state index < -0.39 is 35.6 Å². The van der Waals surface area contributed by atoms with Gasteiger partial charge in [0, 0.05) is 30.2 Å². The maximum Gasteiger partial charge on any atom is 0.312 e. The lowest BCUT2D eigenvalue weighted by Gasteiger charge is -2.37. The largest absolute Gasteiger partial charge is 0.465 e. The molecule has 3 aliphatic rings. The molecule has 6 atom stereocenters. The number of anilines is 1. The van der Waals surface area contributed by atoms with Gasteiger partial charge in [0.05, 0.1) is 24.5 Å². The number of hydrogen-bond donors (Lipinski definition) is 1. The van der Waals surface area contributed by atoms with Crippen LogP contribution in [0.25, 0.3) is 0 Å². The summed E-state index contributed by atoms with van der Waals surface area (Å²) in [5, 5.41) is 9.18. The van der Waals surface area contributed by atoms with E-state index in [0.29, 0.717) is 32.2 Å². The van der Waals surface area contributed by atoms with Crippen molar-refractivity contribution in [3.05, 3.63) is 54.6 Å². The van der Waals surface area contributed by atoms with E-state index in [9.17, 15) is 19.5 Å². The first-order valence-corrected chi connectivity index (χ1v) is 15.6. The number of rotatable bonds is 15. The van der Waals surface area contributed by atoms with E-state index in [2.05, 4.69) is 29.1 Å². The third-order valence-electron chi connectivity index (χ3n) is 8.69. The van der Waals surface area contributed by atoms with Crippen LogP contribution in [0, 0.1) is 25.7 Å². The lowest BCUT2D eigenvalue weighted by atomic mass is 9.70. The number of ether oxygens (including phenoxy) is 2. The number of halogens is 1. The second-order valence-corrected chi connectivity index (χ2v) is 12.6. The van der Waals surface area contributed by atoms with Gasteiger partial charge in [0.25, 0.3) is 5.91 Å². The van der Waals surface area contributed by atoms with Crippen molar-refractivity contribution >= 4 is 39.4 Å². The molecule has 3 unspecified atom stereocenters. The first-order valence-electron chi connectivity index (χ1n) is 14.7. The molecule has 0 radical (unpaired) electrons. The van der Waals surface area contributed by atoms with E-state index in [4.69, 9.17) is 9.47 Å². The lowest BCUT2D eigenvalue weighted by Crippen LogP contribution is -2.57. The van der Waals surface area contributed by atoms with Crippen molar-refractivity contribution in [1.29, 1.82) is 0 Å². The molecule has 4 rings (SSSR count). The summed E-state index contributed by atoms with van der Waals surface area (Å²) < 4.78 is 12.3. The lowest BCUT2D eigenvalue weighted by molar-refractivity contribution is -0.155. The number of carbonyl (C=O) groups is 3. The van der Waals surface area contributed by atoms with Gasteiger partial charge in [-0.1, -0.05) is 59.1 Å². The van der Waals surface area contributed by atoms with Crippen molar-refractivity contribution in [2.24, 2.45) is 11.8 Å². The Bertz CT molecular complexity index is 1140. The number of unbranched alkanes of at least 4 members (excludes halogenated alkanes) is 4. The SMILES string of the molecule is C=CCCCOC(=O)[C@H]1[C@H]2C(=O)N(CCCCCCO)C(C(=O)N(CC=C)c3c(C)cccc3C)C23CC(Br)[C@@H]1O3. The topological polar surface area (TPSA) is 96.4 Å². The number of allylic oxidation sites excluding steroid dienone is 1. The quantitative estimate of drug-likeness (QED) is 0.131.